The summed E-state index contributed by atoms with van der Waals surface area (Å²) in [4.78, 5) is 12.2. The van der Waals surface area contributed by atoms with Crippen molar-refractivity contribution in [2.45, 2.75) is 20.0 Å². The fourth-order valence-corrected chi connectivity index (χ4v) is 3.23. The summed E-state index contributed by atoms with van der Waals surface area (Å²) in [6.07, 6.45) is 0. The summed E-state index contributed by atoms with van der Waals surface area (Å²) in [7, 11) is 1.51. The highest BCUT2D eigenvalue weighted by molar-refractivity contribution is 6.32. The van der Waals surface area contributed by atoms with Gasteiger partial charge in [0, 0.05) is 18.8 Å². The molecule has 1 amide bonds. The number of aryl methyl sites for hydroxylation is 1. The molecule has 3 aromatic carbocycles. The Morgan fingerprint density at radius 2 is 1.68 bits per heavy atom. The van der Waals surface area contributed by atoms with Gasteiger partial charge in [0.1, 0.15) is 5.82 Å². The molecule has 2 N–H and O–H groups in total. The van der Waals surface area contributed by atoms with E-state index in [-0.39, 0.29) is 18.3 Å². The standard InChI is InChI=1S/C24H24ClFN2O3/c1-16-3-9-20(10-4-16)28-23(29)15-31-24-21(25)11-18(12-22(24)30-2)14-27-13-17-5-7-19(26)8-6-17/h3-12,27H,13-15H2,1-2H3,(H,28,29). The molecule has 7 heteroatoms. The Morgan fingerprint density at radius 3 is 2.35 bits per heavy atom. The van der Waals surface area contributed by atoms with Crippen molar-refractivity contribution in [1.82, 2.24) is 5.32 Å². The van der Waals surface area contributed by atoms with Gasteiger partial charge in [0.15, 0.2) is 18.1 Å². The molecule has 3 aromatic rings. The summed E-state index contributed by atoms with van der Waals surface area (Å²) >= 11 is 6.38. The molecule has 31 heavy (non-hydrogen) atoms. The van der Waals surface area contributed by atoms with Gasteiger partial charge in [-0.25, -0.2) is 4.39 Å². The fourth-order valence-electron chi connectivity index (χ4n) is 2.94. The number of carbonyl (C=O) groups excluding carboxylic acids is 1. The minimum absolute atomic E-state index is 0.202. The maximum Gasteiger partial charge on any atom is 0.262 e. The Labute approximate surface area is 186 Å². The number of benzene rings is 3. The second-order valence-electron chi connectivity index (χ2n) is 7.04. The molecule has 0 unspecified atom stereocenters. The monoisotopic (exact) mass is 442 g/mol. The van der Waals surface area contributed by atoms with Gasteiger partial charge in [-0.3, -0.25) is 4.79 Å². The highest BCUT2D eigenvalue weighted by Gasteiger charge is 2.14. The quantitative estimate of drug-likeness (QED) is 0.484. The lowest BCUT2D eigenvalue weighted by Crippen LogP contribution is -2.20. The van der Waals surface area contributed by atoms with Crippen molar-refractivity contribution < 1.29 is 18.7 Å². The molecule has 0 bridgehead atoms. The first-order valence-corrected chi connectivity index (χ1v) is 10.1. The highest BCUT2D eigenvalue weighted by Crippen LogP contribution is 2.36. The average molecular weight is 443 g/mol. The SMILES string of the molecule is COc1cc(CNCc2ccc(F)cc2)cc(Cl)c1OCC(=O)Nc1ccc(C)cc1. The second-order valence-corrected chi connectivity index (χ2v) is 7.45. The van der Waals surface area contributed by atoms with Gasteiger partial charge in [0.25, 0.3) is 5.91 Å². The molecule has 0 aliphatic rings. The van der Waals surface area contributed by atoms with E-state index in [9.17, 15) is 9.18 Å². The van der Waals surface area contributed by atoms with E-state index in [0.29, 0.717) is 35.3 Å². The zero-order valence-corrected chi connectivity index (χ0v) is 18.1. The summed E-state index contributed by atoms with van der Waals surface area (Å²) in [5.41, 5.74) is 3.66. The van der Waals surface area contributed by atoms with E-state index in [1.54, 1.807) is 24.3 Å². The number of hydrogen-bond donors (Lipinski definition) is 2. The van der Waals surface area contributed by atoms with Crippen LogP contribution in [0, 0.1) is 12.7 Å². The van der Waals surface area contributed by atoms with Crippen LogP contribution >= 0.6 is 11.6 Å². The smallest absolute Gasteiger partial charge is 0.262 e. The number of hydrogen-bond acceptors (Lipinski definition) is 4. The largest absolute Gasteiger partial charge is 0.493 e. The lowest BCUT2D eigenvalue weighted by atomic mass is 10.1. The Balaban J connectivity index is 1.57. The number of rotatable bonds is 9. The molecule has 0 saturated carbocycles. The molecule has 0 atom stereocenters. The van der Waals surface area contributed by atoms with Crippen LogP contribution in [0.15, 0.2) is 60.7 Å². The Morgan fingerprint density at radius 1 is 1.00 bits per heavy atom. The molecule has 0 heterocycles. The minimum Gasteiger partial charge on any atom is -0.493 e. The number of amides is 1. The zero-order chi connectivity index (χ0) is 22.2. The summed E-state index contributed by atoms with van der Waals surface area (Å²) < 4.78 is 24.0. The van der Waals surface area contributed by atoms with E-state index in [2.05, 4.69) is 10.6 Å². The van der Waals surface area contributed by atoms with E-state index >= 15 is 0 Å². The molecule has 0 radical (unpaired) electrons. The van der Waals surface area contributed by atoms with Gasteiger partial charge >= 0.3 is 0 Å². The second kappa shape index (κ2) is 10.8. The molecule has 0 aromatic heterocycles. The zero-order valence-electron chi connectivity index (χ0n) is 17.4. The molecule has 5 nitrogen and oxygen atoms in total. The third kappa shape index (κ3) is 6.70. The molecule has 0 aliphatic heterocycles. The van der Waals surface area contributed by atoms with Gasteiger partial charge in [-0.1, -0.05) is 41.4 Å². The van der Waals surface area contributed by atoms with Crippen molar-refractivity contribution in [1.29, 1.82) is 0 Å². The molecular formula is C24H24ClFN2O3. The van der Waals surface area contributed by atoms with Crippen LogP contribution in [0.25, 0.3) is 0 Å². The van der Waals surface area contributed by atoms with Crippen LogP contribution in [0.4, 0.5) is 10.1 Å². The van der Waals surface area contributed by atoms with Gasteiger partial charge in [-0.05, 0) is 54.4 Å². The van der Waals surface area contributed by atoms with E-state index < -0.39 is 0 Å². The topological polar surface area (TPSA) is 59.6 Å². The maximum absolute atomic E-state index is 13.0. The molecule has 3 rings (SSSR count). The van der Waals surface area contributed by atoms with Crippen molar-refractivity contribution in [2.75, 3.05) is 19.0 Å². The first kappa shape index (κ1) is 22.6. The van der Waals surface area contributed by atoms with Crippen LogP contribution < -0.4 is 20.1 Å². The predicted octanol–water partition coefficient (Wildman–Crippen LogP) is 5.10. The lowest BCUT2D eigenvalue weighted by Gasteiger charge is -2.15. The number of anilines is 1. The van der Waals surface area contributed by atoms with E-state index in [1.165, 1.54) is 19.2 Å². The van der Waals surface area contributed by atoms with Gasteiger partial charge in [0.05, 0.1) is 12.1 Å². The number of methoxy groups -OCH3 is 1. The number of nitrogens with one attached hydrogen (secondary N) is 2. The van der Waals surface area contributed by atoms with Crippen LogP contribution in [0.1, 0.15) is 16.7 Å². The molecule has 0 saturated heterocycles. The maximum atomic E-state index is 13.0. The van der Waals surface area contributed by atoms with Crippen molar-refractivity contribution in [3.8, 4) is 11.5 Å². The van der Waals surface area contributed by atoms with Gasteiger partial charge in [-0.2, -0.15) is 0 Å². The van der Waals surface area contributed by atoms with Crippen molar-refractivity contribution in [3.63, 3.8) is 0 Å². The van der Waals surface area contributed by atoms with Crippen LogP contribution in [0.5, 0.6) is 11.5 Å². The fraction of sp³-hybridized carbons (Fsp3) is 0.208. The Hall–Kier alpha value is -3.09. The number of ether oxygens (including phenoxy) is 2. The molecule has 0 aliphatic carbocycles. The van der Waals surface area contributed by atoms with Crippen molar-refractivity contribution in [3.05, 3.63) is 88.2 Å². The van der Waals surface area contributed by atoms with Crippen LogP contribution in [0.2, 0.25) is 5.02 Å². The highest BCUT2D eigenvalue weighted by atomic mass is 35.5. The molecule has 0 spiro atoms. The summed E-state index contributed by atoms with van der Waals surface area (Å²) in [6, 6.07) is 17.4. The van der Waals surface area contributed by atoms with Crippen LogP contribution in [-0.4, -0.2) is 19.6 Å². The predicted molar refractivity (Wildman–Crippen MR) is 120 cm³/mol. The molecule has 0 fully saturated rings. The van der Waals surface area contributed by atoms with Crippen LogP contribution in [-0.2, 0) is 17.9 Å². The number of carbonyl (C=O) groups is 1. The van der Waals surface area contributed by atoms with Gasteiger partial charge in [-0.15, -0.1) is 0 Å². The van der Waals surface area contributed by atoms with E-state index in [1.807, 2.05) is 31.2 Å². The lowest BCUT2D eigenvalue weighted by molar-refractivity contribution is -0.118. The normalized spacial score (nSPS) is 10.6. The van der Waals surface area contributed by atoms with E-state index in [0.717, 1.165) is 16.7 Å². The summed E-state index contributed by atoms with van der Waals surface area (Å²) in [6.45, 7) is 2.89. The third-order valence-electron chi connectivity index (χ3n) is 4.54. The first-order valence-electron chi connectivity index (χ1n) is 9.75. The number of halogens is 2. The molecule has 162 valence electrons. The van der Waals surface area contributed by atoms with E-state index in [4.69, 9.17) is 21.1 Å². The summed E-state index contributed by atoms with van der Waals surface area (Å²) in [5, 5.41) is 6.40. The first-order chi connectivity index (χ1) is 14.9. The average Bonchev–Trinajstić information content (AvgIpc) is 2.75. The van der Waals surface area contributed by atoms with Gasteiger partial charge < -0.3 is 20.1 Å². The van der Waals surface area contributed by atoms with Gasteiger partial charge in [0.2, 0.25) is 0 Å². The Kier molecular flexibility index (Phi) is 7.87. The molecular weight excluding hydrogens is 419 g/mol. The van der Waals surface area contributed by atoms with Crippen molar-refractivity contribution in [2.24, 2.45) is 0 Å². The van der Waals surface area contributed by atoms with Crippen molar-refractivity contribution >= 4 is 23.2 Å². The third-order valence-corrected chi connectivity index (χ3v) is 4.82. The van der Waals surface area contributed by atoms with Crippen LogP contribution in [0.3, 0.4) is 0 Å². The summed E-state index contributed by atoms with van der Waals surface area (Å²) in [5.74, 6) is 0.190. The minimum atomic E-state index is -0.299. The Bertz CT molecular complexity index is 1020.